The Kier molecular flexibility index (Phi) is 20.4. The molecule has 0 aliphatic carbocycles. The molecule has 7 rings (SSSR count). The van der Waals surface area contributed by atoms with Crippen LogP contribution in [0.15, 0.2) is 46.7 Å². The van der Waals surface area contributed by atoms with Gasteiger partial charge in [-0.25, -0.2) is 32.6 Å². The molecule has 0 saturated carbocycles. The minimum atomic E-state index is -3.54. The first-order chi connectivity index (χ1) is 38.2. The van der Waals surface area contributed by atoms with Gasteiger partial charge in [-0.2, -0.15) is 0 Å². The third-order valence-electron chi connectivity index (χ3n) is 14.7. The molecule has 0 saturated heterocycles. The number of fused-ring (bicyclic) bond motifs is 5. The summed E-state index contributed by atoms with van der Waals surface area (Å²) in [6, 6.07) is 2.77. The van der Waals surface area contributed by atoms with Crippen molar-refractivity contribution in [3.63, 3.8) is 0 Å². The van der Waals surface area contributed by atoms with Gasteiger partial charge in [-0.1, -0.05) is 46.3 Å². The van der Waals surface area contributed by atoms with Crippen molar-refractivity contribution >= 4 is 50.3 Å². The number of unbranched alkanes of at least 4 members (excludes halogenated alkanes) is 3. The number of rotatable bonds is 29. The number of carbonyl (C=O) groups is 5. The van der Waals surface area contributed by atoms with E-state index in [4.69, 9.17) is 14.5 Å². The molecule has 2 aliphatic heterocycles. The number of ether oxygens (including phenoxy) is 2. The molecule has 23 nitrogen and oxygen atoms in total. The van der Waals surface area contributed by atoms with Gasteiger partial charge in [0.15, 0.2) is 5.60 Å². The molecule has 0 spiro atoms. The Balaban J connectivity index is 0.885. The number of amides is 4. The predicted octanol–water partition coefficient (Wildman–Crippen LogP) is 3.52. The van der Waals surface area contributed by atoms with Crippen molar-refractivity contribution in [3.8, 4) is 22.6 Å². The molecule has 6 heterocycles. The third kappa shape index (κ3) is 14.4. The lowest BCUT2D eigenvalue weighted by molar-refractivity contribution is -0.172. The molecule has 5 aromatic rings. The third-order valence-corrected chi connectivity index (χ3v) is 15.6. The van der Waals surface area contributed by atoms with Crippen molar-refractivity contribution in [3.05, 3.63) is 80.8 Å². The van der Waals surface area contributed by atoms with Gasteiger partial charge in [0.1, 0.15) is 36.9 Å². The number of halogens is 1. The first kappa shape index (κ1) is 60.5. The van der Waals surface area contributed by atoms with Gasteiger partial charge in [0, 0.05) is 66.4 Å². The van der Waals surface area contributed by atoms with Crippen LogP contribution >= 0.6 is 0 Å². The van der Waals surface area contributed by atoms with Gasteiger partial charge in [-0.05, 0) is 107 Å². The molecule has 25 heteroatoms. The average Bonchev–Trinajstić information content (AvgIpc) is 4.06. The zero-order chi connectivity index (χ0) is 57.9. The summed E-state index contributed by atoms with van der Waals surface area (Å²) in [5, 5.41) is 31.0. The lowest BCUT2D eigenvalue weighted by Gasteiger charge is -2.31. The van der Waals surface area contributed by atoms with Gasteiger partial charge >= 0.3 is 5.97 Å². The van der Waals surface area contributed by atoms with Crippen LogP contribution in [0.25, 0.3) is 33.5 Å². The Morgan fingerprint density at radius 1 is 0.938 bits per heavy atom. The largest absolute Gasteiger partial charge is 0.458 e. The summed E-state index contributed by atoms with van der Waals surface area (Å²) in [7, 11) is -3.54. The smallest absolute Gasteiger partial charge is 0.343 e. The van der Waals surface area contributed by atoms with E-state index in [2.05, 4.69) is 60.3 Å². The fraction of sp³-hybridized carbons (Fsp3) is 0.545. The fourth-order valence-corrected chi connectivity index (χ4v) is 10.4. The topological polar surface area (TPSA) is 301 Å². The van der Waals surface area contributed by atoms with E-state index in [1.807, 2.05) is 0 Å². The summed E-state index contributed by atoms with van der Waals surface area (Å²) in [6.07, 6.45) is 10.1. The van der Waals surface area contributed by atoms with Crippen LogP contribution in [0.3, 0.4) is 0 Å². The van der Waals surface area contributed by atoms with Crippen LogP contribution in [-0.2, 0) is 75.0 Å². The SMILES string of the molecule is CCN(CC)CCCCC(NC(=O)C(NC(=O)CCCCCn1cc(-c2cnc(S(C)(=O)=O)nc2)nn1)C(C)C)C(=O)NCC(=O)NCOCCCc1c2c(nc3cc(F)c(C)cc13)-c1cc3c(c(=O)n1C2)COC(=O)[C@]3(O)CC. The van der Waals surface area contributed by atoms with Crippen molar-refractivity contribution in [1.29, 1.82) is 0 Å². The number of sulfone groups is 1. The van der Waals surface area contributed by atoms with E-state index in [1.165, 1.54) is 23.0 Å². The minimum Gasteiger partial charge on any atom is -0.458 e. The molecule has 0 bridgehead atoms. The van der Waals surface area contributed by atoms with E-state index in [0.717, 1.165) is 43.4 Å². The summed E-state index contributed by atoms with van der Waals surface area (Å²) in [5.74, 6) is -3.50. The second-order valence-electron chi connectivity index (χ2n) is 20.7. The highest BCUT2D eigenvalue weighted by atomic mass is 32.2. The Bertz CT molecular complexity index is 3260. The molecule has 2 aliphatic rings. The zero-order valence-corrected chi connectivity index (χ0v) is 47.3. The maximum atomic E-state index is 15.0. The van der Waals surface area contributed by atoms with Crippen LogP contribution in [0.4, 0.5) is 4.39 Å². The van der Waals surface area contributed by atoms with E-state index >= 15 is 0 Å². The highest BCUT2D eigenvalue weighted by molar-refractivity contribution is 7.90. The van der Waals surface area contributed by atoms with Crippen LogP contribution < -0.4 is 26.8 Å². The highest BCUT2D eigenvalue weighted by Crippen LogP contribution is 2.41. The number of nitrogens with zero attached hydrogens (tertiary/aromatic N) is 8. The van der Waals surface area contributed by atoms with E-state index in [0.29, 0.717) is 90.6 Å². The molecular weight excluding hydrogens is 1060 g/mol. The van der Waals surface area contributed by atoms with Gasteiger partial charge in [-0.15, -0.1) is 5.10 Å². The monoisotopic (exact) mass is 1130 g/mol. The van der Waals surface area contributed by atoms with Gasteiger partial charge < -0.3 is 45.3 Å². The standard InChI is InChI=1S/C55H73FN12O11S/c1-8-55(75)40-24-45-49-38(29-68(45)52(73)39(40)31-79-53(55)74)36(37-23-34(6)41(56)25-43(37)61-49)17-16-22-78-32-60-47(70)28-57-50(71)42(18-13-15-20-66(9-2)10-3)62-51(72)48(33(4)5)63-46(69)19-12-11-14-21-67-30-44(64-65-67)35-26-58-54(59-27-35)80(7,76)77/h23-27,30,33,42,48,75H,8-22,28-29,31-32H2,1-7H3,(H,57,71)(H,60,70)(H,62,72)(H,63,69)/t42?,48?,55-/m0/s1. The summed E-state index contributed by atoms with van der Waals surface area (Å²) in [6.45, 7) is 13.6. The number of cyclic esters (lactones) is 1. The lowest BCUT2D eigenvalue weighted by atomic mass is 9.86. The maximum absolute atomic E-state index is 15.0. The maximum Gasteiger partial charge on any atom is 0.343 e. The van der Waals surface area contributed by atoms with Crippen LogP contribution in [0.2, 0.25) is 0 Å². The Morgan fingerprint density at radius 3 is 2.39 bits per heavy atom. The van der Waals surface area contributed by atoms with Gasteiger partial charge in [0.2, 0.25) is 38.6 Å². The van der Waals surface area contributed by atoms with E-state index in [-0.39, 0.29) is 67.4 Å². The summed E-state index contributed by atoms with van der Waals surface area (Å²) < 4.78 is 52.6. The van der Waals surface area contributed by atoms with Crippen molar-refractivity contribution in [1.82, 2.24) is 60.7 Å². The zero-order valence-electron chi connectivity index (χ0n) is 46.5. The Morgan fingerprint density at radius 2 is 1.69 bits per heavy atom. The first-order valence-electron chi connectivity index (χ1n) is 27.3. The van der Waals surface area contributed by atoms with Crippen LogP contribution in [-0.4, -0.2) is 140 Å². The summed E-state index contributed by atoms with van der Waals surface area (Å²) in [5.41, 5.74) is 2.19. The number of aliphatic hydroxyl groups is 1. The lowest BCUT2D eigenvalue weighted by Crippen LogP contribution is -2.56. The molecule has 5 N–H and O–H groups in total. The second kappa shape index (κ2) is 26.9. The molecule has 80 heavy (non-hydrogen) atoms. The minimum absolute atomic E-state index is 0.0113. The second-order valence-corrected chi connectivity index (χ2v) is 22.6. The average molecular weight is 1130 g/mol. The van der Waals surface area contributed by atoms with Gasteiger partial charge in [-0.3, -0.25) is 28.7 Å². The Labute approximate surface area is 464 Å². The molecule has 1 aromatic carbocycles. The number of esters is 1. The summed E-state index contributed by atoms with van der Waals surface area (Å²) >= 11 is 0. The molecule has 432 valence electrons. The quantitative estimate of drug-likeness (QED) is 0.0194. The molecular formula is C55H73FN12O11S. The number of nitrogens with one attached hydrogen (secondary N) is 4. The van der Waals surface area contributed by atoms with Crippen molar-refractivity contribution in [2.75, 3.05) is 45.8 Å². The number of aromatic nitrogens is 7. The van der Waals surface area contributed by atoms with E-state index in [1.54, 1.807) is 50.7 Å². The molecule has 2 unspecified atom stereocenters. The molecule has 0 fully saturated rings. The van der Waals surface area contributed by atoms with E-state index in [9.17, 15) is 46.7 Å². The number of benzene rings is 1. The highest BCUT2D eigenvalue weighted by Gasteiger charge is 2.45. The van der Waals surface area contributed by atoms with Crippen molar-refractivity contribution < 1.29 is 51.4 Å². The number of hydrogen-bond acceptors (Lipinski definition) is 17. The van der Waals surface area contributed by atoms with Gasteiger partial charge in [0.05, 0.1) is 41.8 Å². The van der Waals surface area contributed by atoms with Crippen LogP contribution in [0, 0.1) is 18.7 Å². The molecule has 4 amide bonds. The number of aryl methyl sites for hydroxylation is 3. The number of pyridine rings is 2. The number of hydrogen-bond donors (Lipinski definition) is 5. The van der Waals surface area contributed by atoms with Crippen molar-refractivity contribution in [2.24, 2.45) is 5.92 Å². The molecule has 0 radical (unpaired) electrons. The van der Waals surface area contributed by atoms with Crippen LogP contribution in [0.5, 0.6) is 0 Å². The molecule has 4 aromatic heterocycles. The van der Waals surface area contributed by atoms with Crippen LogP contribution in [0.1, 0.15) is 120 Å². The Hall–Kier alpha value is -7.09. The van der Waals surface area contributed by atoms with Gasteiger partial charge in [0.25, 0.3) is 5.56 Å². The first-order valence-corrected chi connectivity index (χ1v) is 29.2. The predicted molar refractivity (Wildman–Crippen MR) is 292 cm³/mol. The summed E-state index contributed by atoms with van der Waals surface area (Å²) in [4.78, 5) is 95.1. The molecule has 3 atom stereocenters. The number of carbonyl (C=O) groups excluding carboxylic acids is 5. The van der Waals surface area contributed by atoms with E-state index < -0.39 is 69.1 Å². The van der Waals surface area contributed by atoms with Crippen molar-refractivity contribution in [2.45, 2.75) is 148 Å². The normalized spacial score (nSPS) is 15.5. The fourth-order valence-electron chi connectivity index (χ4n) is 9.94.